The van der Waals surface area contributed by atoms with Crippen molar-refractivity contribution in [2.75, 3.05) is 16.8 Å². The first-order valence-corrected chi connectivity index (χ1v) is 6.86. The Hall–Kier alpha value is -0.160. The quantitative estimate of drug-likeness (QED) is 0.773. The van der Waals surface area contributed by atoms with E-state index in [0.717, 1.165) is 28.6 Å². The van der Waals surface area contributed by atoms with Crippen LogP contribution in [0.15, 0.2) is 17.0 Å². The normalized spacial score (nSPS) is 10.7. The average molecular weight is 337 g/mol. The van der Waals surface area contributed by atoms with E-state index in [1.807, 2.05) is 0 Å². The van der Waals surface area contributed by atoms with Gasteiger partial charge in [0.15, 0.2) is 0 Å². The maximum absolute atomic E-state index is 4.31. The lowest BCUT2D eigenvalue weighted by Gasteiger charge is -2.28. The van der Waals surface area contributed by atoms with Crippen LogP contribution in [0.4, 0.5) is 5.82 Å². The third-order valence-corrected chi connectivity index (χ3v) is 3.20. The van der Waals surface area contributed by atoms with Crippen LogP contribution in [0.2, 0.25) is 0 Å². The van der Waals surface area contributed by atoms with Crippen molar-refractivity contribution in [3.8, 4) is 0 Å². The molecular formula is C10H15Br2N3. The lowest BCUT2D eigenvalue weighted by Crippen LogP contribution is -2.33. The van der Waals surface area contributed by atoms with Gasteiger partial charge in [0.2, 0.25) is 0 Å². The summed E-state index contributed by atoms with van der Waals surface area (Å²) >= 11 is 6.93. The fourth-order valence-electron chi connectivity index (χ4n) is 1.36. The van der Waals surface area contributed by atoms with Gasteiger partial charge in [-0.3, -0.25) is 0 Å². The zero-order valence-electron chi connectivity index (χ0n) is 8.95. The molecule has 15 heavy (non-hydrogen) atoms. The van der Waals surface area contributed by atoms with E-state index >= 15 is 0 Å². The van der Waals surface area contributed by atoms with Gasteiger partial charge in [0, 0.05) is 24.1 Å². The average Bonchev–Trinajstić information content (AvgIpc) is 2.20. The Balaban J connectivity index is 2.84. The first-order valence-electron chi connectivity index (χ1n) is 4.95. The van der Waals surface area contributed by atoms with Crippen LogP contribution in [-0.2, 0) is 0 Å². The van der Waals surface area contributed by atoms with Crippen LogP contribution < -0.4 is 4.90 Å². The summed E-state index contributed by atoms with van der Waals surface area (Å²) in [5.41, 5.74) is 0. The number of anilines is 1. The highest BCUT2D eigenvalue weighted by atomic mass is 79.9. The number of nitrogens with zero attached hydrogens (tertiary/aromatic N) is 3. The molecular weight excluding hydrogens is 322 g/mol. The van der Waals surface area contributed by atoms with E-state index in [1.54, 1.807) is 12.5 Å². The van der Waals surface area contributed by atoms with E-state index in [1.165, 1.54) is 0 Å². The summed E-state index contributed by atoms with van der Waals surface area (Å²) in [5, 5.41) is 1.01. The van der Waals surface area contributed by atoms with Gasteiger partial charge >= 0.3 is 0 Å². The Labute approximate surface area is 108 Å². The zero-order chi connectivity index (χ0) is 11.3. The van der Waals surface area contributed by atoms with Gasteiger partial charge < -0.3 is 4.90 Å². The van der Waals surface area contributed by atoms with Crippen molar-refractivity contribution >= 4 is 37.7 Å². The molecule has 0 fully saturated rings. The van der Waals surface area contributed by atoms with Gasteiger partial charge in [-0.25, -0.2) is 9.97 Å². The van der Waals surface area contributed by atoms with Crippen molar-refractivity contribution in [3.05, 3.63) is 17.0 Å². The second-order valence-corrected chi connectivity index (χ2v) is 5.17. The van der Waals surface area contributed by atoms with Crippen LogP contribution in [-0.4, -0.2) is 27.9 Å². The number of hydrogen-bond donors (Lipinski definition) is 0. The molecule has 3 nitrogen and oxygen atoms in total. The van der Waals surface area contributed by atoms with Gasteiger partial charge in [-0.1, -0.05) is 15.9 Å². The Bertz CT molecular complexity index is 304. The second kappa shape index (κ2) is 6.43. The molecule has 0 spiro atoms. The van der Waals surface area contributed by atoms with Gasteiger partial charge in [0.1, 0.15) is 12.1 Å². The Morgan fingerprint density at radius 1 is 1.47 bits per heavy atom. The van der Waals surface area contributed by atoms with E-state index in [0.29, 0.717) is 6.04 Å². The molecule has 0 aliphatic heterocycles. The summed E-state index contributed by atoms with van der Waals surface area (Å²) in [4.78, 5) is 10.5. The molecule has 0 atom stereocenters. The summed E-state index contributed by atoms with van der Waals surface area (Å²) in [5.74, 6) is 0.973. The molecule has 0 radical (unpaired) electrons. The van der Waals surface area contributed by atoms with E-state index in [9.17, 15) is 0 Å². The summed E-state index contributed by atoms with van der Waals surface area (Å²) < 4.78 is 0.952. The monoisotopic (exact) mass is 335 g/mol. The fourth-order valence-corrected chi connectivity index (χ4v) is 2.06. The lowest BCUT2D eigenvalue weighted by molar-refractivity contribution is 0.662. The minimum Gasteiger partial charge on any atom is -0.353 e. The smallest absolute Gasteiger partial charge is 0.146 e. The van der Waals surface area contributed by atoms with E-state index in [-0.39, 0.29) is 0 Å². The highest BCUT2D eigenvalue weighted by molar-refractivity contribution is 9.10. The largest absolute Gasteiger partial charge is 0.353 e. The van der Waals surface area contributed by atoms with Crippen LogP contribution >= 0.6 is 31.9 Å². The molecule has 1 aromatic rings. The molecule has 1 rings (SSSR count). The Morgan fingerprint density at radius 3 is 2.73 bits per heavy atom. The first kappa shape index (κ1) is 12.9. The number of hydrogen-bond acceptors (Lipinski definition) is 3. The minimum atomic E-state index is 0.440. The Kier molecular flexibility index (Phi) is 5.53. The van der Waals surface area contributed by atoms with Crippen molar-refractivity contribution in [3.63, 3.8) is 0 Å². The lowest BCUT2D eigenvalue weighted by atomic mass is 10.3. The molecule has 0 saturated carbocycles. The standard InChI is InChI=1S/C10H15Br2N3/c1-8(2)15(5-3-4-11)10-9(12)6-13-7-14-10/h6-8H,3-5H2,1-2H3. The third-order valence-electron chi connectivity index (χ3n) is 2.08. The van der Waals surface area contributed by atoms with Gasteiger partial charge in [-0.2, -0.15) is 0 Å². The van der Waals surface area contributed by atoms with Crippen LogP contribution in [0, 0.1) is 0 Å². The minimum absolute atomic E-state index is 0.440. The van der Waals surface area contributed by atoms with Crippen LogP contribution in [0.5, 0.6) is 0 Å². The summed E-state index contributed by atoms with van der Waals surface area (Å²) in [7, 11) is 0. The predicted octanol–water partition coefficient (Wildman–Crippen LogP) is 3.24. The predicted molar refractivity (Wildman–Crippen MR) is 70.6 cm³/mol. The third kappa shape index (κ3) is 3.72. The van der Waals surface area contributed by atoms with Gasteiger partial charge in [-0.05, 0) is 36.2 Å². The molecule has 0 unspecified atom stereocenters. The van der Waals surface area contributed by atoms with Gasteiger partial charge in [-0.15, -0.1) is 0 Å². The maximum Gasteiger partial charge on any atom is 0.146 e. The first-order chi connectivity index (χ1) is 7.16. The summed E-state index contributed by atoms with van der Waals surface area (Å²) in [6.45, 7) is 5.34. The van der Waals surface area contributed by atoms with Crippen molar-refractivity contribution in [2.45, 2.75) is 26.3 Å². The SMILES string of the molecule is CC(C)N(CCCBr)c1ncncc1Br. The Morgan fingerprint density at radius 2 is 2.20 bits per heavy atom. The van der Waals surface area contributed by atoms with Gasteiger partial charge in [0.05, 0.1) is 4.47 Å². The van der Waals surface area contributed by atoms with Crippen LogP contribution in [0.25, 0.3) is 0 Å². The van der Waals surface area contributed by atoms with Crippen LogP contribution in [0.3, 0.4) is 0 Å². The van der Waals surface area contributed by atoms with Crippen LogP contribution in [0.1, 0.15) is 20.3 Å². The van der Waals surface area contributed by atoms with E-state index in [2.05, 4.69) is 60.6 Å². The number of aromatic nitrogens is 2. The molecule has 0 amide bonds. The highest BCUT2D eigenvalue weighted by Crippen LogP contribution is 2.23. The molecule has 0 aliphatic carbocycles. The molecule has 1 heterocycles. The topological polar surface area (TPSA) is 29.0 Å². The second-order valence-electron chi connectivity index (χ2n) is 3.52. The maximum atomic E-state index is 4.31. The van der Waals surface area contributed by atoms with E-state index < -0.39 is 0 Å². The fraction of sp³-hybridized carbons (Fsp3) is 0.600. The van der Waals surface area contributed by atoms with E-state index in [4.69, 9.17) is 0 Å². The molecule has 0 saturated heterocycles. The number of halogens is 2. The summed E-state index contributed by atoms with van der Waals surface area (Å²) in [6.07, 6.45) is 4.48. The van der Waals surface area contributed by atoms with Gasteiger partial charge in [0.25, 0.3) is 0 Å². The molecule has 5 heteroatoms. The molecule has 0 aromatic carbocycles. The number of rotatable bonds is 5. The molecule has 0 aliphatic rings. The summed E-state index contributed by atoms with van der Waals surface area (Å²) in [6, 6.07) is 0.440. The molecule has 0 bridgehead atoms. The molecule has 84 valence electrons. The van der Waals surface area contributed by atoms with Crippen molar-refractivity contribution in [2.24, 2.45) is 0 Å². The molecule has 1 aromatic heterocycles. The van der Waals surface area contributed by atoms with Crippen molar-refractivity contribution in [1.29, 1.82) is 0 Å². The molecule has 0 N–H and O–H groups in total. The highest BCUT2D eigenvalue weighted by Gasteiger charge is 2.14. The van der Waals surface area contributed by atoms with Crippen molar-refractivity contribution < 1.29 is 0 Å². The number of alkyl halides is 1. The van der Waals surface area contributed by atoms with Crippen molar-refractivity contribution in [1.82, 2.24) is 9.97 Å². The zero-order valence-corrected chi connectivity index (χ0v) is 12.1.